The molecule has 4 atom stereocenters. The maximum atomic E-state index is 11.7. The second-order valence-electron chi connectivity index (χ2n) is 6.38. The van der Waals surface area contributed by atoms with Crippen molar-refractivity contribution in [3.05, 3.63) is 23.3 Å². The van der Waals surface area contributed by atoms with Crippen LogP contribution in [-0.2, 0) is 9.53 Å². The van der Waals surface area contributed by atoms with Crippen LogP contribution in [0.3, 0.4) is 0 Å². The molecular formula is C15H20O4. The first-order valence-corrected chi connectivity index (χ1v) is 6.74. The standard InChI is InChI=1S/C15H20O4/c1-9-6-19-15(18)8-13(7-14(9,15)17)5-4-12(16)10(2)11(13)3/h4-5,9,17-18H,6-8H2,1-3H3/t9-,13-,14-,15+/m1/s1. The van der Waals surface area contributed by atoms with Gasteiger partial charge in [0.05, 0.1) is 6.61 Å². The molecule has 19 heavy (non-hydrogen) atoms. The molecule has 3 aliphatic rings. The predicted octanol–water partition coefficient (Wildman–Crippen LogP) is 1.33. The van der Waals surface area contributed by atoms with Gasteiger partial charge in [-0.15, -0.1) is 0 Å². The van der Waals surface area contributed by atoms with Crippen LogP contribution in [0.25, 0.3) is 0 Å². The lowest BCUT2D eigenvalue weighted by atomic mass is 9.71. The minimum atomic E-state index is -1.50. The quantitative estimate of drug-likeness (QED) is 0.692. The zero-order chi connectivity index (χ0) is 14.1. The molecular weight excluding hydrogens is 244 g/mol. The van der Waals surface area contributed by atoms with E-state index in [9.17, 15) is 15.0 Å². The van der Waals surface area contributed by atoms with Crippen molar-refractivity contribution >= 4 is 5.78 Å². The normalized spacial score (nSPS) is 49.3. The molecule has 4 heteroatoms. The number of carbonyl (C=O) groups is 1. The molecule has 0 aromatic rings. The summed E-state index contributed by atoms with van der Waals surface area (Å²) < 4.78 is 5.48. The Labute approximate surface area is 112 Å². The number of carbonyl (C=O) groups excluding carboxylic acids is 1. The van der Waals surface area contributed by atoms with Crippen molar-refractivity contribution in [2.75, 3.05) is 6.61 Å². The van der Waals surface area contributed by atoms with Gasteiger partial charge in [0.15, 0.2) is 11.6 Å². The molecule has 1 heterocycles. The minimum Gasteiger partial charge on any atom is -0.384 e. The summed E-state index contributed by atoms with van der Waals surface area (Å²) in [5.41, 5.74) is -0.0514. The van der Waals surface area contributed by atoms with E-state index in [4.69, 9.17) is 4.74 Å². The summed E-state index contributed by atoms with van der Waals surface area (Å²) in [7, 11) is 0. The fourth-order valence-corrected chi connectivity index (χ4v) is 3.82. The van der Waals surface area contributed by atoms with Crippen molar-refractivity contribution in [3.63, 3.8) is 0 Å². The third-order valence-corrected chi connectivity index (χ3v) is 5.44. The number of ether oxygens (including phenoxy) is 1. The van der Waals surface area contributed by atoms with Gasteiger partial charge in [0, 0.05) is 17.8 Å². The molecule has 0 radical (unpaired) electrons. The lowest BCUT2D eigenvalue weighted by Crippen LogP contribution is -2.49. The van der Waals surface area contributed by atoms with E-state index < -0.39 is 16.8 Å². The summed E-state index contributed by atoms with van der Waals surface area (Å²) in [6.07, 6.45) is 4.11. The van der Waals surface area contributed by atoms with Gasteiger partial charge in [-0.1, -0.05) is 18.6 Å². The number of rotatable bonds is 0. The molecule has 4 nitrogen and oxygen atoms in total. The topological polar surface area (TPSA) is 66.8 Å². The van der Waals surface area contributed by atoms with Crippen LogP contribution >= 0.6 is 0 Å². The van der Waals surface area contributed by atoms with Gasteiger partial charge in [-0.3, -0.25) is 4.79 Å². The van der Waals surface area contributed by atoms with Crippen molar-refractivity contribution in [2.45, 2.75) is 45.0 Å². The lowest BCUT2D eigenvalue weighted by molar-refractivity contribution is -0.240. The summed E-state index contributed by atoms with van der Waals surface area (Å²) in [5.74, 6) is -1.61. The molecule has 0 unspecified atom stereocenters. The molecule has 0 aromatic carbocycles. The highest BCUT2D eigenvalue weighted by molar-refractivity contribution is 6.05. The van der Waals surface area contributed by atoms with Crippen LogP contribution in [0, 0.1) is 11.3 Å². The summed E-state index contributed by atoms with van der Waals surface area (Å²) in [4.78, 5) is 11.7. The third-order valence-electron chi connectivity index (χ3n) is 5.44. The molecule has 1 aliphatic heterocycles. The monoisotopic (exact) mass is 264 g/mol. The fourth-order valence-electron chi connectivity index (χ4n) is 3.82. The Morgan fingerprint density at radius 2 is 2.00 bits per heavy atom. The molecule has 104 valence electrons. The smallest absolute Gasteiger partial charge is 0.196 e. The van der Waals surface area contributed by atoms with Gasteiger partial charge >= 0.3 is 0 Å². The molecule has 1 saturated heterocycles. The molecule has 2 N–H and O–H groups in total. The Balaban J connectivity index is 2.08. The average molecular weight is 264 g/mol. The summed E-state index contributed by atoms with van der Waals surface area (Å²) >= 11 is 0. The van der Waals surface area contributed by atoms with Crippen molar-refractivity contribution in [2.24, 2.45) is 11.3 Å². The van der Waals surface area contributed by atoms with E-state index in [1.54, 1.807) is 13.0 Å². The largest absolute Gasteiger partial charge is 0.384 e. The van der Waals surface area contributed by atoms with Crippen LogP contribution in [-0.4, -0.2) is 34.0 Å². The zero-order valence-electron chi connectivity index (χ0n) is 11.6. The van der Waals surface area contributed by atoms with Gasteiger partial charge in [-0.25, -0.2) is 0 Å². The Hall–Kier alpha value is -0.970. The molecule has 0 aromatic heterocycles. The molecule has 0 bridgehead atoms. The molecule has 0 amide bonds. The summed E-state index contributed by atoms with van der Waals surface area (Å²) in [6.45, 7) is 5.97. The zero-order valence-corrected chi connectivity index (χ0v) is 11.6. The molecule has 1 saturated carbocycles. The maximum Gasteiger partial charge on any atom is 0.196 e. The molecule has 3 rings (SSSR count). The van der Waals surface area contributed by atoms with Gasteiger partial charge in [0.25, 0.3) is 0 Å². The molecule has 2 fully saturated rings. The van der Waals surface area contributed by atoms with E-state index in [-0.39, 0.29) is 11.7 Å². The average Bonchev–Trinajstić information content (AvgIpc) is 2.71. The number of hydrogen-bond donors (Lipinski definition) is 2. The second-order valence-corrected chi connectivity index (χ2v) is 6.38. The first kappa shape index (κ1) is 13.0. The highest BCUT2D eigenvalue weighted by Crippen LogP contribution is 2.61. The Morgan fingerprint density at radius 3 is 2.63 bits per heavy atom. The van der Waals surface area contributed by atoms with E-state index in [1.807, 2.05) is 19.9 Å². The minimum absolute atomic E-state index is 0.00753. The van der Waals surface area contributed by atoms with Gasteiger partial charge in [0.2, 0.25) is 0 Å². The van der Waals surface area contributed by atoms with Crippen LogP contribution in [0.1, 0.15) is 33.6 Å². The highest BCUT2D eigenvalue weighted by Gasteiger charge is 2.69. The van der Waals surface area contributed by atoms with Crippen LogP contribution in [0.5, 0.6) is 0 Å². The van der Waals surface area contributed by atoms with Crippen molar-refractivity contribution < 1.29 is 19.7 Å². The van der Waals surface area contributed by atoms with Gasteiger partial charge in [-0.2, -0.15) is 0 Å². The van der Waals surface area contributed by atoms with Crippen molar-refractivity contribution in [1.82, 2.24) is 0 Å². The highest BCUT2D eigenvalue weighted by atomic mass is 16.7. The Bertz CT molecular complexity index is 520. The third kappa shape index (κ3) is 1.42. The predicted molar refractivity (Wildman–Crippen MR) is 69.2 cm³/mol. The van der Waals surface area contributed by atoms with Gasteiger partial charge in [0.1, 0.15) is 5.60 Å². The van der Waals surface area contributed by atoms with E-state index >= 15 is 0 Å². The lowest BCUT2D eigenvalue weighted by Gasteiger charge is -2.33. The number of fused-ring (bicyclic) bond motifs is 1. The Morgan fingerprint density at radius 1 is 1.32 bits per heavy atom. The summed E-state index contributed by atoms with van der Waals surface area (Å²) in [6, 6.07) is 0. The maximum absolute atomic E-state index is 11.7. The fraction of sp³-hybridized carbons (Fsp3) is 0.667. The second kappa shape index (κ2) is 3.57. The number of hydrogen-bond acceptors (Lipinski definition) is 4. The van der Waals surface area contributed by atoms with E-state index in [0.29, 0.717) is 25.0 Å². The summed E-state index contributed by atoms with van der Waals surface area (Å²) in [5, 5.41) is 21.5. The van der Waals surface area contributed by atoms with Crippen molar-refractivity contribution in [1.29, 1.82) is 0 Å². The van der Waals surface area contributed by atoms with Crippen molar-refractivity contribution in [3.8, 4) is 0 Å². The van der Waals surface area contributed by atoms with Crippen LogP contribution in [0.2, 0.25) is 0 Å². The van der Waals surface area contributed by atoms with Crippen LogP contribution in [0.15, 0.2) is 23.3 Å². The van der Waals surface area contributed by atoms with Gasteiger partial charge < -0.3 is 14.9 Å². The van der Waals surface area contributed by atoms with Crippen LogP contribution < -0.4 is 0 Å². The first-order chi connectivity index (χ1) is 8.74. The van der Waals surface area contributed by atoms with E-state index in [1.165, 1.54) is 0 Å². The molecule has 2 aliphatic carbocycles. The number of aliphatic hydroxyl groups is 2. The van der Waals surface area contributed by atoms with Crippen LogP contribution in [0.4, 0.5) is 0 Å². The number of allylic oxidation sites excluding steroid dienone is 4. The number of ketones is 1. The molecule has 1 spiro atoms. The van der Waals surface area contributed by atoms with E-state index in [2.05, 4.69) is 0 Å². The van der Waals surface area contributed by atoms with E-state index in [0.717, 1.165) is 5.57 Å². The van der Waals surface area contributed by atoms with Gasteiger partial charge in [-0.05, 0) is 31.9 Å². The Kier molecular flexibility index (Phi) is 2.45. The first-order valence-electron chi connectivity index (χ1n) is 6.74. The SMILES string of the molecule is CC1=C(C)[C@]2(C=CC1=O)C[C@@]1(O)[C@H](C)CO[C@@]1(O)C2.